The first kappa shape index (κ1) is 6.64. The molecule has 1 nitrogen and oxygen atoms in total. The van der Waals surface area contributed by atoms with Crippen LogP contribution >= 0.6 is 0 Å². The van der Waals surface area contributed by atoms with Gasteiger partial charge in [-0.3, -0.25) is 0 Å². The Labute approximate surface area is 59.0 Å². The molecular weight excluding hydrogens is 163 g/mol. The standard InChI is InChI=1S/C6H13AsO/c7-6(8)4-2-1-3-5-6/h8H,1-5,7H2. The summed E-state index contributed by atoms with van der Waals surface area (Å²) < 4.78 is -0.259. The fourth-order valence-corrected chi connectivity index (χ4v) is 2.02. The summed E-state index contributed by atoms with van der Waals surface area (Å²) in [6.45, 7) is 0. The van der Waals surface area contributed by atoms with Gasteiger partial charge in [0.25, 0.3) is 0 Å². The van der Waals surface area contributed by atoms with Gasteiger partial charge in [0.2, 0.25) is 0 Å². The summed E-state index contributed by atoms with van der Waals surface area (Å²) in [5.41, 5.74) is 0. The van der Waals surface area contributed by atoms with E-state index in [1.807, 2.05) is 0 Å². The molecule has 1 fully saturated rings. The normalized spacial score (nSPS) is 27.8. The first-order valence-electron chi connectivity index (χ1n) is 3.22. The van der Waals surface area contributed by atoms with Crippen LogP contribution in [0.3, 0.4) is 0 Å². The molecule has 1 rings (SSSR count). The predicted octanol–water partition coefficient (Wildman–Crippen LogP) is 0.272. The van der Waals surface area contributed by atoms with Gasteiger partial charge in [-0.15, -0.1) is 0 Å². The Morgan fingerprint density at radius 1 is 1.12 bits per heavy atom. The summed E-state index contributed by atoms with van der Waals surface area (Å²) in [5, 5.41) is 9.40. The second kappa shape index (κ2) is 2.41. The summed E-state index contributed by atoms with van der Waals surface area (Å²) in [6, 6.07) is 0. The van der Waals surface area contributed by atoms with E-state index in [9.17, 15) is 5.11 Å². The first-order valence-corrected chi connectivity index (χ1v) is 4.43. The van der Waals surface area contributed by atoms with Gasteiger partial charge >= 0.3 is 58.5 Å². The molecule has 48 valence electrons. The van der Waals surface area contributed by atoms with Crippen molar-refractivity contribution in [3.05, 3.63) is 0 Å². The molecule has 0 radical (unpaired) electrons. The van der Waals surface area contributed by atoms with Crippen LogP contribution in [0.5, 0.6) is 0 Å². The van der Waals surface area contributed by atoms with Gasteiger partial charge in [-0.1, -0.05) is 0 Å². The zero-order valence-corrected chi connectivity index (χ0v) is 7.48. The van der Waals surface area contributed by atoms with Crippen LogP contribution in [-0.2, 0) is 0 Å². The van der Waals surface area contributed by atoms with E-state index in [0.717, 1.165) is 12.8 Å². The van der Waals surface area contributed by atoms with E-state index < -0.39 is 0 Å². The minimum atomic E-state index is -0.259. The Morgan fingerprint density at radius 3 is 1.88 bits per heavy atom. The van der Waals surface area contributed by atoms with Crippen molar-refractivity contribution in [1.82, 2.24) is 0 Å². The van der Waals surface area contributed by atoms with E-state index in [1.165, 1.54) is 36.1 Å². The molecule has 1 unspecified atom stereocenters. The molecule has 0 heterocycles. The van der Waals surface area contributed by atoms with Crippen LogP contribution in [0.15, 0.2) is 0 Å². The third-order valence-corrected chi connectivity index (χ3v) is 2.93. The van der Waals surface area contributed by atoms with Crippen molar-refractivity contribution in [2.24, 2.45) is 0 Å². The van der Waals surface area contributed by atoms with Crippen molar-refractivity contribution in [3.63, 3.8) is 0 Å². The molecule has 1 N–H and O–H groups in total. The van der Waals surface area contributed by atoms with E-state index in [4.69, 9.17) is 0 Å². The Hall–Kier alpha value is 0.518. The van der Waals surface area contributed by atoms with E-state index in [-0.39, 0.29) is 4.39 Å². The average Bonchev–Trinajstić information content (AvgIpc) is 1.65. The van der Waals surface area contributed by atoms with Crippen molar-refractivity contribution in [2.75, 3.05) is 0 Å². The summed E-state index contributed by atoms with van der Waals surface area (Å²) in [7, 11) is 0. The molecule has 0 saturated heterocycles. The SMILES string of the molecule is OC1([AsH2])CCCCC1. The second-order valence-corrected chi connectivity index (χ2v) is 4.92. The Kier molecular flexibility index (Phi) is 2.00. The third kappa shape index (κ3) is 1.79. The molecule has 0 aliphatic heterocycles. The minimum absolute atomic E-state index is 0.259. The summed E-state index contributed by atoms with van der Waals surface area (Å²) in [4.78, 5) is 0. The van der Waals surface area contributed by atoms with E-state index in [2.05, 4.69) is 0 Å². The molecule has 0 aromatic carbocycles. The van der Waals surface area contributed by atoms with Gasteiger partial charge in [0.05, 0.1) is 0 Å². The van der Waals surface area contributed by atoms with Crippen LogP contribution in [0.1, 0.15) is 32.1 Å². The van der Waals surface area contributed by atoms with E-state index in [1.54, 1.807) is 0 Å². The molecular formula is C6H13AsO. The van der Waals surface area contributed by atoms with Crippen LogP contribution < -0.4 is 0 Å². The second-order valence-electron chi connectivity index (χ2n) is 2.66. The third-order valence-electron chi connectivity index (χ3n) is 1.72. The fourth-order valence-electron chi connectivity index (χ4n) is 1.16. The molecule has 1 aliphatic rings. The molecule has 8 heavy (non-hydrogen) atoms. The zero-order chi connectivity index (χ0) is 6.04. The number of hydrogen-bond donors (Lipinski definition) is 1. The van der Waals surface area contributed by atoms with Gasteiger partial charge in [-0.05, 0) is 0 Å². The van der Waals surface area contributed by atoms with Crippen LogP contribution in [0, 0.1) is 0 Å². The van der Waals surface area contributed by atoms with Crippen molar-refractivity contribution >= 4 is 16.9 Å². The van der Waals surface area contributed by atoms with Crippen molar-refractivity contribution in [3.8, 4) is 0 Å². The molecule has 0 aromatic heterocycles. The fraction of sp³-hybridized carbons (Fsp3) is 1.00. The van der Waals surface area contributed by atoms with Crippen LogP contribution in [-0.4, -0.2) is 26.3 Å². The monoisotopic (exact) mass is 176 g/mol. The molecule has 0 amide bonds. The van der Waals surface area contributed by atoms with Crippen LogP contribution in [0.2, 0.25) is 0 Å². The van der Waals surface area contributed by atoms with Gasteiger partial charge in [0.15, 0.2) is 0 Å². The number of aliphatic hydroxyl groups is 1. The van der Waals surface area contributed by atoms with Gasteiger partial charge in [0.1, 0.15) is 0 Å². The summed E-state index contributed by atoms with van der Waals surface area (Å²) in [6.07, 6.45) is 5.86. The average molecular weight is 176 g/mol. The molecule has 1 saturated carbocycles. The Bertz CT molecular complexity index is 72.6. The van der Waals surface area contributed by atoms with Gasteiger partial charge in [-0.25, -0.2) is 0 Å². The quantitative estimate of drug-likeness (QED) is 0.525. The summed E-state index contributed by atoms with van der Waals surface area (Å²) >= 11 is 1.50. The van der Waals surface area contributed by atoms with Gasteiger partial charge in [-0.2, -0.15) is 0 Å². The molecule has 1 aliphatic carbocycles. The molecule has 0 bridgehead atoms. The molecule has 1 atom stereocenters. The molecule has 0 spiro atoms. The maximum atomic E-state index is 9.40. The predicted molar refractivity (Wildman–Crippen MR) is 36.6 cm³/mol. The molecule has 2 heteroatoms. The van der Waals surface area contributed by atoms with Crippen molar-refractivity contribution < 1.29 is 5.11 Å². The molecule has 0 aromatic rings. The van der Waals surface area contributed by atoms with Crippen molar-refractivity contribution in [2.45, 2.75) is 36.5 Å². The van der Waals surface area contributed by atoms with Gasteiger partial charge < -0.3 is 0 Å². The maximum absolute atomic E-state index is 9.40. The first-order chi connectivity index (χ1) is 3.71. The van der Waals surface area contributed by atoms with Crippen molar-refractivity contribution in [1.29, 1.82) is 0 Å². The van der Waals surface area contributed by atoms with Crippen LogP contribution in [0.4, 0.5) is 0 Å². The number of hydrogen-bond acceptors (Lipinski definition) is 1. The Morgan fingerprint density at radius 2 is 1.62 bits per heavy atom. The number of rotatable bonds is 0. The van der Waals surface area contributed by atoms with E-state index >= 15 is 0 Å². The summed E-state index contributed by atoms with van der Waals surface area (Å²) in [5.74, 6) is 0. The topological polar surface area (TPSA) is 20.2 Å². The van der Waals surface area contributed by atoms with E-state index in [0.29, 0.717) is 0 Å². The van der Waals surface area contributed by atoms with Crippen LogP contribution in [0.25, 0.3) is 0 Å². The Balaban J connectivity index is 2.33. The van der Waals surface area contributed by atoms with Gasteiger partial charge in [0, 0.05) is 0 Å². The zero-order valence-electron chi connectivity index (χ0n) is 5.06.